The van der Waals surface area contributed by atoms with Gasteiger partial charge in [0.25, 0.3) is 5.91 Å². The van der Waals surface area contributed by atoms with E-state index in [0.29, 0.717) is 50.8 Å². The predicted octanol–water partition coefficient (Wildman–Crippen LogP) is 0.400. The van der Waals surface area contributed by atoms with E-state index in [9.17, 15) is 33.6 Å². The summed E-state index contributed by atoms with van der Waals surface area (Å²) in [6, 6.07) is 5.50. The van der Waals surface area contributed by atoms with Gasteiger partial charge in [0, 0.05) is 12.1 Å². The highest BCUT2D eigenvalue weighted by Gasteiger charge is 2.41. The minimum absolute atomic E-state index is 0.00968. The Morgan fingerprint density at radius 1 is 0.909 bits per heavy atom. The third-order valence-corrected chi connectivity index (χ3v) is 7.71. The third kappa shape index (κ3) is 12.1. The third-order valence-electron chi connectivity index (χ3n) is 7.71. The van der Waals surface area contributed by atoms with Gasteiger partial charge >= 0.3 is 7.12 Å². The molecule has 0 radical (unpaired) electrons. The average molecular weight is 621 g/mol. The first-order chi connectivity index (χ1) is 21.0. The fourth-order valence-corrected chi connectivity index (χ4v) is 5.30. The SMILES string of the molecule is CC(C)C[C@H](NC(=O)[C@H](CCCCN)NC(=O)c1ccccc1)C(=O)N[C@@H](CCCCN)C(=O)N1CCC(F)CC1B(O)O. The van der Waals surface area contributed by atoms with E-state index in [0.717, 1.165) is 0 Å². The zero-order valence-electron chi connectivity index (χ0n) is 25.9. The van der Waals surface area contributed by atoms with Crippen LogP contribution in [0.1, 0.15) is 82.0 Å². The number of hydrogen-bond donors (Lipinski definition) is 7. The highest BCUT2D eigenvalue weighted by atomic mass is 19.1. The van der Waals surface area contributed by atoms with Gasteiger partial charge in [-0.05, 0) is 88.9 Å². The number of nitrogens with two attached hydrogens (primary N) is 2. The Balaban J connectivity index is 2.24. The van der Waals surface area contributed by atoms with Crippen molar-refractivity contribution >= 4 is 30.7 Å². The smallest absolute Gasteiger partial charge is 0.426 e. The maximum atomic E-state index is 14.1. The Labute approximate surface area is 260 Å². The molecule has 14 heteroatoms. The Kier molecular flexibility index (Phi) is 16.3. The van der Waals surface area contributed by atoms with Gasteiger partial charge in [0.2, 0.25) is 17.7 Å². The summed E-state index contributed by atoms with van der Waals surface area (Å²) < 4.78 is 14.1. The second-order valence-corrected chi connectivity index (χ2v) is 11.8. The van der Waals surface area contributed by atoms with Crippen molar-refractivity contribution in [2.45, 2.75) is 102 Å². The molecule has 4 amide bonds. The standard InChI is InChI=1S/C30H50BFN6O6/c1-20(2)18-25(37-28(40)23(12-6-8-15-33)35-27(39)21-10-4-3-5-11-21)29(41)36-24(13-7-9-16-34)30(42)38-17-14-22(32)19-26(38)31(43)44/h3-5,10-11,20,22-26,43-44H,6-9,12-19,33-34H2,1-2H3,(H,35,39)(H,36,41)(H,37,40)/t22?,23-,24-,25-,26?/m0/s1. The lowest BCUT2D eigenvalue weighted by Gasteiger charge is -2.39. The van der Waals surface area contributed by atoms with Crippen molar-refractivity contribution in [3.63, 3.8) is 0 Å². The summed E-state index contributed by atoms with van der Waals surface area (Å²) in [5.74, 6) is -3.25. The van der Waals surface area contributed by atoms with Gasteiger partial charge in [-0.1, -0.05) is 32.0 Å². The normalized spacial score (nSPS) is 18.7. The van der Waals surface area contributed by atoms with Crippen molar-refractivity contribution in [2.75, 3.05) is 19.6 Å². The first-order valence-electron chi connectivity index (χ1n) is 15.7. The van der Waals surface area contributed by atoms with Gasteiger partial charge in [-0.15, -0.1) is 0 Å². The van der Waals surface area contributed by atoms with Crippen LogP contribution in [0.2, 0.25) is 0 Å². The van der Waals surface area contributed by atoms with Crippen LogP contribution in [-0.4, -0.2) is 95.6 Å². The summed E-state index contributed by atoms with van der Waals surface area (Å²) in [7, 11) is -1.94. The molecule has 0 spiro atoms. The fraction of sp³-hybridized carbons (Fsp3) is 0.667. The maximum Gasteiger partial charge on any atom is 0.475 e. The van der Waals surface area contributed by atoms with E-state index in [4.69, 9.17) is 11.5 Å². The van der Waals surface area contributed by atoms with Crippen LogP contribution in [0.15, 0.2) is 30.3 Å². The van der Waals surface area contributed by atoms with Crippen LogP contribution in [0.25, 0.3) is 0 Å². The van der Waals surface area contributed by atoms with Crippen molar-refractivity contribution in [1.29, 1.82) is 0 Å². The average Bonchev–Trinajstić information content (AvgIpc) is 2.99. The molecule has 44 heavy (non-hydrogen) atoms. The molecule has 1 heterocycles. The second kappa shape index (κ2) is 19.3. The fourth-order valence-electron chi connectivity index (χ4n) is 5.30. The van der Waals surface area contributed by atoms with Gasteiger partial charge in [-0.25, -0.2) is 4.39 Å². The number of nitrogens with one attached hydrogen (secondary N) is 3. The van der Waals surface area contributed by atoms with Gasteiger partial charge in [0.15, 0.2) is 0 Å². The molecule has 0 aromatic heterocycles. The van der Waals surface area contributed by atoms with Crippen LogP contribution in [0.3, 0.4) is 0 Å². The zero-order chi connectivity index (χ0) is 32.6. The number of hydrogen-bond acceptors (Lipinski definition) is 8. The number of nitrogens with zero attached hydrogens (tertiary/aromatic N) is 1. The van der Waals surface area contributed by atoms with Crippen molar-refractivity contribution in [2.24, 2.45) is 17.4 Å². The van der Waals surface area contributed by atoms with Gasteiger partial charge in [0.1, 0.15) is 24.3 Å². The lowest BCUT2D eigenvalue weighted by atomic mass is 9.73. The highest BCUT2D eigenvalue weighted by Crippen LogP contribution is 2.23. The van der Waals surface area contributed by atoms with E-state index in [2.05, 4.69) is 16.0 Å². The Hall–Kier alpha value is -3.07. The lowest BCUT2D eigenvalue weighted by Crippen LogP contribution is -2.61. The summed E-state index contributed by atoms with van der Waals surface area (Å²) in [4.78, 5) is 54.9. The van der Waals surface area contributed by atoms with E-state index in [-0.39, 0.29) is 38.1 Å². The largest absolute Gasteiger partial charge is 0.475 e. The summed E-state index contributed by atoms with van der Waals surface area (Å²) in [5, 5.41) is 28.0. The minimum atomic E-state index is -1.94. The van der Waals surface area contributed by atoms with E-state index >= 15 is 0 Å². The van der Waals surface area contributed by atoms with Crippen molar-refractivity contribution in [3.8, 4) is 0 Å². The monoisotopic (exact) mass is 620 g/mol. The van der Waals surface area contributed by atoms with Crippen molar-refractivity contribution < 1.29 is 33.6 Å². The molecule has 246 valence electrons. The van der Waals surface area contributed by atoms with Crippen molar-refractivity contribution in [1.82, 2.24) is 20.9 Å². The number of carbonyl (C=O) groups excluding carboxylic acids is 4. The molecule has 1 fully saturated rings. The number of benzene rings is 1. The number of likely N-dealkylation sites (tertiary alicyclic amines) is 1. The van der Waals surface area contributed by atoms with Gasteiger partial charge in [-0.3, -0.25) is 19.2 Å². The number of amides is 4. The first kappa shape index (κ1) is 37.1. The van der Waals surface area contributed by atoms with Crippen LogP contribution in [0.5, 0.6) is 0 Å². The molecule has 5 atom stereocenters. The summed E-state index contributed by atoms with van der Waals surface area (Å²) in [6.07, 6.45) is 1.67. The van der Waals surface area contributed by atoms with Crippen LogP contribution < -0.4 is 27.4 Å². The van der Waals surface area contributed by atoms with Crippen molar-refractivity contribution in [3.05, 3.63) is 35.9 Å². The number of piperidine rings is 1. The topological polar surface area (TPSA) is 200 Å². The summed E-state index contributed by atoms with van der Waals surface area (Å²) >= 11 is 0. The highest BCUT2D eigenvalue weighted by molar-refractivity contribution is 6.43. The number of alkyl halides is 1. The quantitative estimate of drug-likeness (QED) is 0.0903. The van der Waals surface area contributed by atoms with E-state index in [1.54, 1.807) is 30.3 Å². The van der Waals surface area contributed by atoms with E-state index in [1.807, 2.05) is 13.8 Å². The summed E-state index contributed by atoms with van der Waals surface area (Å²) in [5.41, 5.74) is 11.7. The second-order valence-electron chi connectivity index (χ2n) is 11.8. The van der Waals surface area contributed by atoms with E-state index < -0.39 is 61.0 Å². The van der Waals surface area contributed by atoms with Gasteiger partial charge < -0.3 is 42.4 Å². The Morgan fingerprint density at radius 2 is 1.48 bits per heavy atom. The molecule has 9 N–H and O–H groups in total. The molecule has 0 saturated carbocycles. The number of halogens is 1. The summed E-state index contributed by atoms with van der Waals surface area (Å²) in [6.45, 7) is 4.56. The zero-order valence-corrected chi connectivity index (χ0v) is 25.9. The van der Waals surface area contributed by atoms with Crippen LogP contribution in [0.4, 0.5) is 4.39 Å². The molecule has 0 bridgehead atoms. The Bertz CT molecular complexity index is 1050. The Morgan fingerprint density at radius 3 is 2.05 bits per heavy atom. The number of rotatable bonds is 18. The molecule has 1 aliphatic heterocycles. The molecule has 1 saturated heterocycles. The molecule has 1 aliphatic rings. The lowest BCUT2D eigenvalue weighted by molar-refractivity contribution is -0.140. The molecule has 2 unspecified atom stereocenters. The molecule has 2 rings (SSSR count). The van der Waals surface area contributed by atoms with Crippen LogP contribution >= 0.6 is 0 Å². The molecule has 1 aromatic carbocycles. The molecule has 1 aromatic rings. The molecular weight excluding hydrogens is 570 g/mol. The molecule has 0 aliphatic carbocycles. The predicted molar refractivity (Wildman–Crippen MR) is 167 cm³/mol. The minimum Gasteiger partial charge on any atom is -0.426 e. The maximum absolute atomic E-state index is 14.1. The van der Waals surface area contributed by atoms with Gasteiger partial charge in [-0.2, -0.15) is 0 Å². The van der Waals surface area contributed by atoms with Crippen LogP contribution in [0, 0.1) is 5.92 Å². The van der Waals surface area contributed by atoms with Crippen LogP contribution in [-0.2, 0) is 14.4 Å². The first-order valence-corrected chi connectivity index (χ1v) is 15.7. The number of unbranched alkanes of at least 4 members (excludes halogenated alkanes) is 2. The van der Waals surface area contributed by atoms with Gasteiger partial charge in [0.05, 0.1) is 5.94 Å². The van der Waals surface area contributed by atoms with E-state index in [1.165, 1.54) is 4.90 Å². The number of carbonyl (C=O) groups is 4. The molecule has 12 nitrogen and oxygen atoms in total. The molecular formula is C30H50BFN6O6.